The fraction of sp³-hybridized carbons (Fsp3) is 0.941. The van der Waals surface area contributed by atoms with Gasteiger partial charge in [-0.05, 0) is 26.9 Å². The number of rotatable bonds is 6. The van der Waals surface area contributed by atoms with Crippen molar-refractivity contribution in [2.45, 2.75) is 31.8 Å². The van der Waals surface area contributed by atoms with E-state index in [4.69, 9.17) is 0 Å². The van der Waals surface area contributed by atoms with Crippen LogP contribution in [-0.4, -0.2) is 110 Å². The third-order valence-corrected chi connectivity index (χ3v) is 4.95. The van der Waals surface area contributed by atoms with Gasteiger partial charge in [0.15, 0.2) is 0 Å². The second-order valence-electron chi connectivity index (χ2n) is 7.25. The standard InChI is InChI=1S/C17H34N4O2/c1-18-9-11-20(12-10-18)14-16(22)13-19(2)15-17(23)21-7-5-3-4-6-8-21/h16,22H,3-15H2,1-2H3/t16-/m0/s1. The number of β-amino-alcohol motifs (C(OH)–C–C–N with tert-alkyl or cyclic N) is 1. The smallest absolute Gasteiger partial charge is 0.236 e. The van der Waals surface area contributed by atoms with Gasteiger partial charge in [-0.15, -0.1) is 0 Å². The molecule has 0 saturated carbocycles. The Balaban J connectivity index is 1.66. The van der Waals surface area contributed by atoms with Crippen LogP contribution in [0.5, 0.6) is 0 Å². The largest absolute Gasteiger partial charge is 0.390 e. The third kappa shape index (κ3) is 6.75. The molecule has 2 aliphatic rings. The van der Waals surface area contributed by atoms with E-state index >= 15 is 0 Å². The van der Waals surface area contributed by atoms with Crippen LogP contribution in [0.4, 0.5) is 0 Å². The molecule has 2 rings (SSSR count). The predicted octanol–water partition coefficient (Wildman–Crippen LogP) is -0.0709. The highest BCUT2D eigenvalue weighted by Crippen LogP contribution is 2.10. The molecule has 2 aliphatic heterocycles. The highest BCUT2D eigenvalue weighted by Gasteiger charge is 2.20. The van der Waals surface area contributed by atoms with Gasteiger partial charge in [0.25, 0.3) is 0 Å². The highest BCUT2D eigenvalue weighted by atomic mass is 16.3. The third-order valence-electron chi connectivity index (χ3n) is 4.95. The van der Waals surface area contributed by atoms with Crippen molar-refractivity contribution >= 4 is 5.91 Å². The Morgan fingerprint density at radius 2 is 1.65 bits per heavy atom. The van der Waals surface area contributed by atoms with E-state index in [2.05, 4.69) is 16.8 Å². The summed E-state index contributed by atoms with van der Waals surface area (Å²) in [6.45, 7) is 7.65. The van der Waals surface area contributed by atoms with Crippen molar-refractivity contribution in [2.75, 3.05) is 73.0 Å². The first kappa shape index (κ1) is 18.6. The number of piperazine rings is 1. The summed E-state index contributed by atoms with van der Waals surface area (Å²) in [5.41, 5.74) is 0. The van der Waals surface area contributed by atoms with Gasteiger partial charge in [0.2, 0.25) is 5.91 Å². The molecule has 2 saturated heterocycles. The van der Waals surface area contributed by atoms with E-state index in [1.165, 1.54) is 12.8 Å². The molecule has 23 heavy (non-hydrogen) atoms. The summed E-state index contributed by atoms with van der Waals surface area (Å²) in [6, 6.07) is 0. The van der Waals surface area contributed by atoms with Crippen LogP contribution >= 0.6 is 0 Å². The average molecular weight is 326 g/mol. The fourth-order valence-corrected chi connectivity index (χ4v) is 3.46. The molecule has 6 heteroatoms. The Kier molecular flexibility index (Phi) is 7.76. The molecule has 1 N–H and O–H groups in total. The van der Waals surface area contributed by atoms with Crippen molar-refractivity contribution in [3.63, 3.8) is 0 Å². The Morgan fingerprint density at radius 3 is 2.26 bits per heavy atom. The van der Waals surface area contributed by atoms with Crippen molar-refractivity contribution < 1.29 is 9.90 Å². The Hall–Kier alpha value is -0.690. The Labute approximate surface area is 141 Å². The summed E-state index contributed by atoms with van der Waals surface area (Å²) >= 11 is 0. The van der Waals surface area contributed by atoms with E-state index in [0.29, 0.717) is 19.6 Å². The maximum Gasteiger partial charge on any atom is 0.236 e. The zero-order valence-corrected chi connectivity index (χ0v) is 14.9. The van der Waals surface area contributed by atoms with Gasteiger partial charge < -0.3 is 14.9 Å². The van der Waals surface area contributed by atoms with E-state index in [0.717, 1.165) is 52.1 Å². The van der Waals surface area contributed by atoms with Crippen LogP contribution in [0.2, 0.25) is 0 Å². The molecule has 0 aromatic carbocycles. The number of nitrogens with zero attached hydrogens (tertiary/aromatic N) is 4. The number of aliphatic hydroxyl groups is 1. The molecule has 6 nitrogen and oxygen atoms in total. The first-order chi connectivity index (χ1) is 11.0. The van der Waals surface area contributed by atoms with Crippen molar-refractivity contribution in [1.82, 2.24) is 19.6 Å². The number of amides is 1. The average Bonchev–Trinajstić information content (AvgIpc) is 2.78. The zero-order valence-electron chi connectivity index (χ0n) is 14.9. The van der Waals surface area contributed by atoms with Crippen LogP contribution in [0.25, 0.3) is 0 Å². The maximum absolute atomic E-state index is 12.4. The van der Waals surface area contributed by atoms with Gasteiger partial charge in [-0.25, -0.2) is 0 Å². The summed E-state index contributed by atoms with van der Waals surface area (Å²) in [4.78, 5) is 20.9. The van der Waals surface area contributed by atoms with Gasteiger partial charge in [-0.2, -0.15) is 0 Å². The summed E-state index contributed by atoms with van der Waals surface area (Å²) in [5, 5.41) is 10.3. The lowest BCUT2D eigenvalue weighted by Crippen LogP contribution is -2.49. The minimum absolute atomic E-state index is 0.209. The van der Waals surface area contributed by atoms with Crippen molar-refractivity contribution in [3.8, 4) is 0 Å². The van der Waals surface area contributed by atoms with Gasteiger partial charge in [-0.3, -0.25) is 14.6 Å². The maximum atomic E-state index is 12.4. The van der Waals surface area contributed by atoms with Crippen LogP contribution in [0.15, 0.2) is 0 Å². The predicted molar refractivity (Wildman–Crippen MR) is 92.5 cm³/mol. The van der Waals surface area contributed by atoms with E-state index in [1.54, 1.807) is 0 Å². The molecule has 0 aromatic heterocycles. The SMILES string of the molecule is CN1CCN(C[C@@H](O)CN(C)CC(=O)N2CCCCCC2)CC1. The lowest BCUT2D eigenvalue weighted by Gasteiger charge is -2.34. The van der Waals surface area contributed by atoms with Crippen molar-refractivity contribution in [3.05, 3.63) is 0 Å². The van der Waals surface area contributed by atoms with Gasteiger partial charge in [0.1, 0.15) is 0 Å². The first-order valence-corrected chi connectivity index (χ1v) is 9.10. The van der Waals surface area contributed by atoms with E-state index in [9.17, 15) is 9.90 Å². The molecule has 0 bridgehead atoms. The molecule has 134 valence electrons. The van der Waals surface area contributed by atoms with Gasteiger partial charge in [0, 0.05) is 52.4 Å². The lowest BCUT2D eigenvalue weighted by molar-refractivity contribution is -0.132. The van der Waals surface area contributed by atoms with Crippen LogP contribution in [0.1, 0.15) is 25.7 Å². The molecule has 1 amide bonds. The molecule has 0 spiro atoms. The van der Waals surface area contributed by atoms with Crippen LogP contribution in [0.3, 0.4) is 0 Å². The van der Waals surface area contributed by atoms with Crippen molar-refractivity contribution in [1.29, 1.82) is 0 Å². The van der Waals surface area contributed by atoms with Crippen LogP contribution < -0.4 is 0 Å². The molecular formula is C17H34N4O2. The number of likely N-dealkylation sites (tertiary alicyclic amines) is 1. The minimum Gasteiger partial charge on any atom is -0.390 e. The van der Waals surface area contributed by atoms with Gasteiger partial charge >= 0.3 is 0 Å². The van der Waals surface area contributed by atoms with E-state index < -0.39 is 0 Å². The van der Waals surface area contributed by atoms with Crippen LogP contribution in [0, 0.1) is 0 Å². The summed E-state index contributed by atoms with van der Waals surface area (Å²) in [5.74, 6) is 0.209. The minimum atomic E-state index is -0.389. The van der Waals surface area contributed by atoms with E-state index in [-0.39, 0.29) is 12.0 Å². The first-order valence-electron chi connectivity index (χ1n) is 9.10. The van der Waals surface area contributed by atoms with Gasteiger partial charge in [0.05, 0.1) is 12.6 Å². The molecule has 2 heterocycles. The fourth-order valence-electron chi connectivity index (χ4n) is 3.46. The highest BCUT2D eigenvalue weighted by molar-refractivity contribution is 5.78. The second-order valence-corrected chi connectivity index (χ2v) is 7.25. The quantitative estimate of drug-likeness (QED) is 0.740. The summed E-state index contributed by atoms with van der Waals surface area (Å²) in [6.07, 6.45) is 4.34. The Bertz CT molecular complexity index is 351. The normalized spacial score (nSPS) is 23.0. The number of aliphatic hydroxyl groups excluding tert-OH is 1. The van der Waals surface area contributed by atoms with Crippen molar-refractivity contribution in [2.24, 2.45) is 0 Å². The molecular weight excluding hydrogens is 292 g/mol. The number of carbonyl (C=O) groups excluding carboxylic acids is 1. The van der Waals surface area contributed by atoms with E-state index in [1.807, 2.05) is 16.8 Å². The monoisotopic (exact) mass is 326 g/mol. The molecule has 0 unspecified atom stereocenters. The van der Waals surface area contributed by atoms with Crippen LogP contribution in [-0.2, 0) is 4.79 Å². The summed E-state index contributed by atoms with van der Waals surface area (Å²) < 4.78 is 0. The summed E-state index contributed by atoms with van der Waals surface area (Å²) in [7, 11) is 4.07. The lowest BCUT2D eigenvalue weighted by atomic mass is 10.2. The number of carbonyl (C=O) groups is 1. The molecule has 2 fully saturated rings. The number of hydrogen-bond acceptors (Lipinski definition) is 5. The number of likely N-dealkylation sites (N-methyl/N-ethyl adjacent to an activating group) is 2. The second kappa shape index (κ2) is 9.57. The molecule has 0 aliphatic carbocycles. The zero-order chi connectivity index (χ0) is 16.7. The number of hydrogen-bond donors (Lipinski definition) is 1. The topological polar surface area (TPSA) is 50.3 Å². The molecule has 1 atom stereocenters. The van der Waals surface area contributed by atoms with Gasteiger partial charge in [-0.1, -0.05) is 12.8 Å². The Morgan fingerprint density at radius 1 is 1.04 bits per heavy atom. The molecule has 0 radical (unpaired) electrons. The molecule has 0 aromatic rings.